The summed E-state index contributed by atoms with van der Waals surface area (Å²) in [6.07, 6.45) is 0.262. The summed E-state index contributed by atoms with van der Waals surface area (Å²) in [5.74, 6) is 0.0997. The highest BCUT2D eigenvalue weighted by Gasteiger charge is 2.29. The van der Waals surface area contributed by atoms with E-state index in [-0.39, 0.29) is 24.3 Å². The normalized spacial score (nSPS) is 15.9. The van der Waals surface area contributed by atoms with Crippen molar-refractivity contribution in [2.75, 3.05) is 6.54 Å². The highest BCUT2D eigenvalue weighted by molar-refractivity contribution is 5.80. The van der Waals surface area contributed by atoms with Gasteiger partial charge in [-0.05, 0) is 72.4 Å². The van der Waals surface area contributed by atoms with Crippen molar-refractivity contribution in [1.82, 2.24) is 10.2 Å². The molecule has 0 spiro atoms. The van der Waals surface area contributed by atoms with Gasteiger partial charge in [-0.25, -0.2) is 4.39 Å². The number of rotatable bonds is 8. The van der Waals surface area contributed by atoms with Crippen LogP contribution in [0.4, 0.5) is 4.39 Å². The van der Waals surface area contributed by atoms with Crippen LogP contribution in [0.2, 0.25) is 0 Å². The third-order valence-electron chi connectivity index (χ3n) is 7.07. The Hall–Kier alpha value is -3.96. The standard InChI is InChI=1S/C33H33FN2O2/c1-23-8-6-10-26(18-23)22-36-17-16-27-14-15-30(20-31(27)32(36)28-11-4-3-5-12-28)38-24(2)33(37)35-21-25-9-7-13-29(34)19-25/h3-15,18-20,24,32H,16-17,21-22H2,1-2H3,(H,35,37)/t24-,32+/m1/s1. The molecule has 0 saturated heterocycles. The Balaban J connectivity index is 1.35. The second kappa shape index (κ2) is 11.6. The quantitative estimate of drug-likeness (QED) is 0.301. The maximum atomic E-state index is 13.5. The van der Waals surface area contributed by atoms with Crippen LogP contribution in [0.3, 0.4) is 0 Å². The Morgan fingerprint density at radius 2 is 1.76 bits per heavy atom. The number of benzene rings is 4. The molecule has 1 amide bonds. The Kier molecular flexibility index (Phi) is 7.85. The molecule has 0 fully saturated rings. The number of carbonyl (C=O) groups excluding carboxylic acids is 1. The molecule has 5 rings (SSSR count). The van der Waals surface area contributed by atoms with Crippen LogP contribution >= 0.6 is 0 Å². The predicted octanol–water partition coefficient (Wildman–Crippen LogP) is 6.37. The number of nitrogens with one attached hydrogen (secondary N) is 1. The number of carbonyl (C=O) groups is 1. The molecule has 4 aromatic carbocycles. The minimum atomic E-state index is -0.691. The number of amides is 1. The first-order chi connectivity index (χ1) is 18.5. The molecule has 1 heterocycles. The number of aryl methyl sites for hydroxylation is 1. The summed E-state index contributed by atoms with van der Waals surface area (Å²) < 4.78 is 19.6. The van der Waals surface area contributed by atoms with E-state index in [0.717, 1.165) is 19.5 Å². The van der Waals surface area contributed by atoms with Crippen molar-refractivity contribution in [3.05, 3.63) is 136 Å². The Morgan fingerprint density at radius 1 is 0.974 bits per heavy atom. The molecule has 0 radical (unpaired) electrons. The van der Waals surface area contributed by atoms with E-state index in [4.69, 9.17) is 4.74 Å². The zero-order valence-corrected chi connectivity index (χ0v) is 21.9. The second-order valence-corrected chi connectivity index (χ2v) is 9.99. The summed E-state index contributed by atoms with van der Waals surface area (Å²) in [6, 6.07) is 31.7. The highest BCUT2D eigenvalue weighted by atomic mass is 19.1. The van der Waals surface area contributed by atoms with Crippen LogP contribution in [-0.4, -0.2) is 23.5 Å². The van der Waals surface area contributed by atoms with Gasteiger partial charge in [0, 0.05) is 19.6 Å². The van der Waals surface area contributed by atoms with E-state index < -0.39 is 6.10 Å². The number of halogens is 1. The Bertz CT molecular complexity index is 1410. The van der Waals surface area contributed by atoms with Gasteiger partial charge in [0.15, 0.2) is 6.10 Å². The fourth-order valence-corrected chi connectivity index (χ4v) is 5.20. The van der Waals surface area contributed by atoms with Gasteiger partial charge in [0.25, 0.3) is 5.91 Å². The van der Waals surface area contributed by atoms with Crippen molar-refractivity contribution in [3.8, 4) is 5.75 Å². The van der Waals surface area contributed by atoms with Crippen molar-refractivity contribution in [2.45, 2.75) is 45.5 Å². The molecule has 5 heteroatoms. The van der Waals surface area contributed by atoms with Crippen molar-refractivity contribution in [1.29, 1.82) is 0 Å². The lowest BCUT2D eigenvalue weighted by molar-refractivity contribution is -0.127. The molecule has 4 aromatic rings. The summed E-state index contributed by atoms with van der Waals surface area (Å²) >= 11 is 0. The van der Waals surface area contributed by atoms with E-state index in [1.165, 1.54) is 39.9 Å². The minimum Gasteiger partial charge on any atom is -0.481 e. The SMILES string of the molecule is Cc1cccc(CN2CCc3ccc(O[C@H](C)C(=O)NCc4cccc(F)c4)cc3[C@@H]2c2ccccc2)c1. The van der Waals surface area contributed by atoms with Gasteiger partial charge in [-0.1, -0.05) is 78.4 Å². The fraction of sp³-hybridized carbons (Fsp3) is 0.242. The predicted molar refractivity (Wildman–Crippen MR) is 148 cm³/mol. The minimum absolute atomic E-state index is 0.0844. The maximum Gasteiger partial charge on any atom is 0.261 e. The average Bonchev–Trinajstić information content (AvgIpc) is 2.92. The van der Waals surface area contributed by atoms with Gasteiger partial charge >= 0.3 is 0 Å². The molecule has 194 valence electrons. The van der Waals surface area contributed by atoms with Crippen LogP contribution in [0.5, 0.6) is 5.75 Å². The van der Waals surface area contributed by atoms with E-state index in [9.17, 15) is 9.18 Å². The zero-order valence-electron chi connectivity index (χ0n) is 21.9. The van der Waals surface area contributed by atoms with Crippen LogP contribution < -0.4 is 10.1 Å². The Morgan fingerprint density at radius 3 is 2.55 bits per heavy atom. The van der Waals surface area contributed by atoms with Crippen LogP contribution in [0.25, 0.3) is 0 Å². The molecule has 0 aliphatic carbocycles. The van der Waals surface area contributed by atoms with Crippen molar-refractivity contribution in [2.24, 2.45) is 0 Å². The summed E-state index contributed by atoms with van der Waals surface area (Å²) in [7, 11) is 0. The first kappa shape index (κ1) is 25.7. The molecule has 0 bridgehead atoms. The molecule has 38 heavy (non-hydrogen) atoms. The largest absolute Gasteiger partial charge is 0.481 e. The number of nitrogens with zero attached hydrogens (tertiary/aromatic N) is 1. The summed E-state index contributed by atoms with van der Waals surface area (Å²) in [4.78, 5) is 15.2. The smallest absolute Gasteiger partial charge is 0.261 e. The van der Waals surface area contributed by atoms with Gasteiger partial charge in [-0.15, -0.1) is 0 Å². The first-order valence-electron chi connectivity index (χ1n) is 13.1. The molecular formula is C33H33FN2O2. The monoisotopic (exact) mass is 508 g/mol. The summed E-state index contributed by atoms with van der Waals surface area (Å²) in [6.45, 7) is 5.92. The van der Waals surface area contributed by atoms with Gasteiger partial charge in [0.2, 0.25) is 0 Å². The fourth-order valence-electron chi connectivity index (χ4n) is 5.20. The average molecular weight is 509 g/mol. The van der Waals surface area contributed by atoms with E-state index in [0.29, 0.717) is 11.3 Å². The number of fused-ring (bicyclic) bond motifs is 1. The third kappa shape index (κ3) is 6.12. The molecule has 1 aliphatic heterocycles. The van der Waals surface area contributed by atoms with Crippen LogP contribution in [0.15, 0.2) is 97.1 Å². The van der Waals surface area contributed by atoms with E-state index >= 15 is 0 Å². The van der Waals surface area contributed by atoms with Crippen molar-refractivity contribution >= 4 is 5.91 Å². The van der Waals surface area contributed by atoms with Gasteiger partial charge in [0.05, 0.1) is 6.04 Å². The topological polar surface area (TPSA) is 41.6 Å². The molecule has 0 aromatic heterocycles. The molecule has 0 unspecified atom stereocenters. The summed E-state index contributed by atoms with van der Waals surface area (Å²) in [5.41, 5.74) is 7.01. The number of hydrogen-bond donors (Lipinski definition) is 1. The van der Waals surface area contributed by atoms with Gasteiger partial charge in [-0.3, -0.25) is 9.69 Å². The lowest BCUT2D eigenvalue weighted by Crippen LogP contribution is -2.37. The van der Waals surface area contributed by atoms with E-state index in [1.54, 1.807) is 19.1 Å². The molecule has 4 nitrogen and oxygen atoms in total. The third-order valence-corrected chi connectivity index (χ3v) is 7.07. The van der Waals surface area contributed by atoms with Gasteiger partial charge in [-0.2, -0.15) is 0 Å². The van der Waals surface area contributed by atoms with Crippen LogP contribution in [-0.2, 0) is 24.3 Å². The molecule has 1 N–H and O–H groups in total. The number of hydrogen-bond acceptors (Lipinski definition) is 3. The Labute approximate surface area is 224 Å². The lowest BCUT2D eigenvalue weighted by Gasteiger charge is -2.38. The van der Waals surface area contributed by atoms with Crippen LogP contribution in [0.1, 0.15) is 46.3 Å². The van der Waals surface area contributed by atoms with Crippen LogP contribution in [0, 0.1) is 12.7 Å². The maximum absolute atomic E-state index is 13.5. The van der Waals surface area contributed by atoms with Gasteiger partial charge < -0.3 is 10.1 Å². The summed E-state index contributed by atoms with van der Waals surface area (Å²) in [5, 5.41) is 2.84. The second-order valence-electron chi connectivity index (χ2n) is 9.99. The molecule has 1 aliphatic rings. The van der Waals surface area contributed by atoms with E-state index in [1.807, 2.05) is 12.1 Å². The molecule has 0 saturated carbocycles. The van der Waals surface area contributed by atoms with E-state index in [2.05, 4.69) is 77.8 Å². The molecule has 2 atom stereocenters. The first-order valence-corrected chi connectivity index (χ1v) is 13.1. The molecular weight excluding hydrogens is 475 g/mol. The highest BCUT2D eigenvalue weighted by Crippen LogP contribution is 2.38. The zero-order chi connectivity index (χ0) is 26.5. The van der Waals surface area contributed by atoms with Crippen molar-refractivity contribution < 1.29 is 13.9 Å². The lowest BCUT2D eigenvalue weighted by atomic mass is 9.87. The van der Waals surface area contributed by atoms with Gasteiger partial charge in [0.1, 0.15) is 11.6 Å². The van der Waals surface area contributed by atoms with Crippen molar-refractivity contribution in [3.63, 3.8) is 0 Å². The number of ether oxygens (including phenoxy) is 1.